The van der Waals surface area contributed by atoms with Crippen LogP contribution in [0.1, 0.15) is 11.5 Å². The van der Waals surface area contributed by atoms with Gasteiger partial charge in [-0.3, -0.25) is 9.59 Å². The third-order valence-corrected chi connectivity index (χ3v) is 7.19. The minimum Gasteiger partial charge on any atom is -0.324 e. The zero-order chi connectivity index (χ0) is 24.6. The summed E-state index contributed by atoms with van der Waals surface area (Å²) in [5, 5.41) is 15.9. The number of hydrogen-bond acceptors (Lipinski definition) is 7. The molecule has 0 radical (unpaired) electrons. The van der Waals surface area contributed by atoms with Crippen LogP contribution < -0.4 is 10.9 Å². The molecule has 0 bridgehead atoms. The zero-order valence-electron chi connectivity index (χ0n) is 18.0. The summed E-state index contributed by atoms with van der Waals surface area (Å²) >= 11 is 11.9. The second-order valence-electron chi connectivity index (χ2n) is 7.49. The minimum atomic E-state index is -4.13. The molecule has 0 atom stereocenters. The molecule has 2 heterocycles. The topological polar surface area (TPSA) is 129 Å². The number of aryl methyl sites for hydroxylation is 1. The Morgan fingerprint density at radius 2 is 1.76 bits per heavy atom. The van der Waals surface area contributed by atoms with E-state index in [2.05, 4.69) is 20.6 Å². The van der Waals surface area contributed by atoms with Gasteiger partial charge in [-0.25, -0.2) is 13.1 Å². The first-order valence-electron chi connectivity index (χ1n) is 9.87. The van der Waals surface area contributed by atoms with Gasteiger partial charge in [0, 0.05) is 24.5 Å². The molecule has 0 unspecified atom stereocenters. The third-order valence-electron chi connectivity index (χ3n) is 5.09. The molecule has 1 amide bonds. The fraction of sp³-hybridized carbons (Fsp3) is 0.190. The molecular formula is C21H18Cl2N6O4S. The summed E-state index contributed by atoms with van der Waals surface area (Å²) in [6, 6.07) is 11.4. The predicted molar refractivity (Wildman–Crippen MR) is 128 cm³/mol. The van der Waals surface area contributed by atoms with Crippen molar-refractivity contribution in [1.82, 2.24) is 24.5 Å². The van der Waals surface area contributed by atoms with Crippen LogP contribution in [0.15, 0.2) is 52.4 Å². The Morgan fingerprint density at radius 3 is 2.47 bits per heavy atom. The van der Waals surface area contributed by atoms with E-state index in [4.69, 9.17) is 23.2 Å². The van der Waals surface area contributed by atoms with Gasteiger partial charge in [-0.1, -0.05) is 41.4 Å². The standard InChI is InChI=1S/C21H18Cl2N6O4S/c1-28-18(10-17-13-5-3-4-6-14(13)20(31)29(2)27-17)25-26-21(28)34(32,33)11-19(30)24-16-8-7-12(22)9-15(16)23/h3-9H,10-11H2,1-2H3,(H,24,30). The van der Waals surface area contributed by atoms with E-state index in [1.54, 1.807) is 24.3 Å². The molecule has 1 N–H and O–H groups in total. The number of hydrogen-bond donors (Lipinski definition) is 1. The van der Waals surface area contributed by atoms with Gasteiger partial charge in [0.25, 0.3) is 5.56 Å². The Kier molecular flexibility index (Phi) is 6.43. The fourth-order valence-electron chi connectivity index (χ4n) is 3.44. The molecular weight excluding hydrogens is 503 g/mol. The number of carbonyl (C=O) groups is 1. The van der Waals surface area contributed by atoms with Crippen molar-refractivity contribution < 1.29 is 13.2 Å². The summed E-state index contributed by atoms with van der Waals surface area (Å²) in [6.07, 6.45) is 0.125. The maximum Gasteiger partial charge on any atom is 0.274 e. The van der Waals surface area contributed by atoms with E-state index in [9.17, 15) is 18.0 Å². The molecule has 2 aromatic heterocycles. The third kappa shape index (κ3) is 4.67. The van der Waals surface area contributed by atoms with Crippen molar-refractivity contribution in [2.45, 2.75) is 11.6 Å². The highest BCUT2D eigenvalue weighted by Gasteiger charge is 2.27. The maximum absolute atomic E-state index is 12.9. The molecule has 0 fully saturated rings. The number of anilines is 1. The zero-order valence-corrected chi connectivity index (χ0v) is 20.3. The van der Waals surface area contributed by atoms with Crippen molar-refractivity contribution in [3.8, 4) is 0 Å². The lowest BCUT2D eigenvalue weighted by molar-refractivity contribution is -0.113. The molecule has 34 heavy (non-hydrogen) atoms. The number of halogens is 2. The number of fused-ring (bicyclic) bond motifs is 1. The predicted octanol–water partition coefficient (Wildman–Crippen LogP) is 2.37. The van der Waals surface area contributed by atoms with Crippen molar-refractivity contribution in [3.63, 3.8) is 0 Å². The first-order valence-corrected chi connectivity index (χ1v) is 12.3. The van der Waals surface area contributed by atoms with E-state index >= 15 is 0 Å². The van der Waals surface area contributed by atoms with E-state index < -0.39 is 21.5 Å². The molecule has 4 rings (SSSR count). The Bertz CT molecular complexity index is 1600. The average molecular weight is 521 g/mol. The largest absolute Gasteiger partial charge is 0.324 e. The van der Waals surface area contributed by atoms with Gasteiger partial charge in [-0.2, -0.15) is 5.10 Å². The van der Waals surface area contributed by atoms with E-state index in [1.807, 2.05) is 0 Å². The highest BCUT2D eigenvalue weighted by atomic mass is 35.5. The molecule has 4 aromatic rings. The van der Waals surface area contributed by atoms with Crippen LogP contribution in [0, 0.1) is 0 Å². The monoisotopic (exact) mass is 520 g/mol. The van der Waals surface area contributed by atoms with Crippen molar-refractivity contribution in [3.05, 3.63) is 74.4 Å². The van der Waals surface area contributed by atoms with Crippen LogP contribution in [0.25, 0.3) is 10.8 Å². The summed E-state index contributed by atoms with van der Waals surface area (Å²) in [6.45, 7) is 0. The number of aromatic nitrogens is 5. The van der Waals surface area contributed by atoms with Gasteiger partial charge in [-0.05, 0) is 24.3 Å². The van der Waals surface area contributed by atoms with Crippen molar-refractivity contribution >= 4 is 55.4 Å². The van der Waals surface area contributed by atoms with Crippen LogP contribution in [-0.4, -0.2) is 44.6 Å². The Hall–Kier alpha value is -3.28. The molecule has 0 spiro atoms. The van der Waals surface area contributed by atoms with Crippen LogP contribution in [0.5, 0.6) is 0 Å². The molecule has 0 saturated heterocycles. The van der Waals surface area contributed by atoms with Gasteiger partial charge in [0.1, 0.15) is 11.6 Å². The molecule has 0 saturated carbocycles. The highest BCUT2D eigenvalue weighted by Crippen LogP contribution is 2.25. The van der Waals surface area contributed by atoms with Crippen molar-refractivity contribution in [1.29, 1.82) is 0 Å². The molecule has 0 aliphatic heterocycles. The quantitative estimate of drug-likeness (QED) is 0.413. The smallest absolute Gasteiger partial charge is 0.274 e. The average Bonchev–Trinajstić information content (AvgIpc) is 3.14. The lowest BCUT2D eigenvalue weighted by Gasteiger charge is -2.09. The van der Waals surface area contributed by atoms with Gasteiger partial charge < -0.3 is 9.88 Å². The number of nitrogens with one attached hydrogen (secondary N) is 1. The van der Waals surface area contributed by atoms with Gasteiger partial charge in [0.15, 0.2) is 0 Å². The second-order valence-corrected chi connectivity index (χ2v) is 10.2. The van der Waals surface area contributed by atoms with Crippen LogP contribution in [0.4, 0.5) is 5.69 Å². The lowest BCUT2D eigenvalue weighted by atomic mass is 10.1. The molecule has 0 aliphatic rings. The number of amides is 1. The Morgan fingerprint density at radius 1 is 1.06 bits per heavy atom. The first-order chi connectivity index (χ1) is 16.1. The van der Waals surface area contributed by atoms with Crippen LogP contribution in [0.2, 0.25) is 10.0 Å². The number of nitrogens with zero attached hydrogens (tertiary/aromatic N) is 5. The molecule has 13 heteroatoms. The Labute approximate surface area is 204 Å². The number of rotatable bonds is 6. The summed E-state index contributed by atoms with van der Waals surface area (Å²) in [4.78, 5) is 24.7. The Balaban J connectivity index is 1.58. The summed E-state index contributed by atoms with van der Waals surface area (Å²) < 4.78 is 28.3. The lowest BCUT2D eigenvalue weighted by Crippen LogP contribution is -2.25. The molecule has 0 aliphatic carbocycles. The van der Waals surface area contributed by atoms with Crippen LogP contribution >= 0.6 is 23.2 Å². The van der Waals surface area contributed by atoms with E-state index in [-0.39, 0.29) is 27.8 Å². The maximum atomic E-state index is 12.9. The van der Waals surface area contributed by atoms with E-state index in [1.165, 1.54) is 41.5 Å². The van der Waals surface area contributed by atoms with Gasteiger partial charge in [0.2, 0.25) is 20.9 Å². The number of carbonyl (C=O) groups excluding carboxylic acids is 1. The normalized spacial score (nSPS) is 11.6. The second kappa shape index (κ2) is 9.16. The fourth-order valence-corrected chi connectivity index (χ4v) is 5.13. The number of sulfone groups is 1. The molecule has 176 valence electrons. The molecule has 10 nitrogen and oxygen atoms in total. The summed E-state index contributed by atoms with van der Waals surface area (Å²) in [7, 11) is -1.10. The van der Waals surface area contributed by atoms with Gasteiger partial charge in [-0.15, -0.1) is 10.2 Å². The van der Waals surface area contributed by atoms with Crippen LogP contribution in [-0.2, 0) is 35.1 Å². The van der Waals surface area contributed by atoms with E-state index in [0.717, 1.165) is 0 Å². The van der Waals surface area contributed by atoms with E-state index in [0.29, 0.717) is 27.3 Å². The van der Waals surface area contributed by atoms with Crippen LogP contribution in [0.3, 0.4) is 0 Å². The van der Waals surface area contributed by atoms with Crippen molar-refractivity contribution in [2.75, 3.05) is 11.1 Å². The minimum absolute atomic E-state index is 0.125. The summed E-state index contributed by atoms with van der Waals surface area (Å²) in [5.74, 6) is -1.35. The van der Waals surface area contributed by atoms with Gasteiger partial charge >= 0.3 is 0 Å². The highest BCUT2D eigenvalue weighted by molar-refractivity contribution is 7.92. The van der Waals surface area contributed by atoms with Gasteiger partial charge in [0.05, 0.1) is 28.2 Å². The molecule has 2 aromatic carbocycles. The van der Waals surface area contributed by atoms with Crippen molar-refractivity contribution in [2.24, 2.45) is 14.1 Å². The summed E-state index contributed by atoms with van der Waals surface area (Å²) in [5.41, 5.74) is 0.525. The first kappa shape index (κ1) is 23.9. The SMILES string of the molecule is Cn1c(Cc2nn(C)c(=O)c3ccccc23)nnc1S(=O)(=O)CC(=O)Nc1ccc(Cl)cc1Cl. The number of benzene rings is 2.